The molecule has 4 N–H and O–H groups in total. The zero-order chi connectivity index (χ0) is 38.0. The Morgan fingerprint density at radius 3 is 0.923 bits per heavy atom. The first-order valence-corrected chi connectivity index (χ1v) is 23.8. The fourth-order valence-electron chi connectivity index (χ4n) is 7.75. The molecule has 3 atom stereocenters. The van der Waals surface area contributed by atoms with Gasteiger partial charge in [0.05, 0.1) is 18.8 Å². The normalized spacial score (nSPS) is 13.4. The lowest BCUT2D eigenvalue weighted by Gasteiger charge is -2.26. The zero-order valence-electron chi connectivity index (χ0n) is 35.5. The topological polar surface area (TPSA) is 89.8 Å². The summed E-state index contributed by atoms with van der Waals surface area (Å²) in [4.78, 5) is 12.4. The molecule has 312 valence electrons. The molecule has 5 heteroatoms. The molecule has 0 aliphatic heterocycles. The third kappa shape index (κ3) is 37.7. The maximum Gasteiger partial charge on any atom is 0.220 e. The lowest BCUT2D eigenvalue weighted by atomic mass is 9.99. The van der Waals surface area contributed by atoms with Crippen LogP contribution in [0.5, 0.6) is 0 Å². The Hall–Kier alpha value is -0.650. The first-order chi connectivity index (χ1) is 25.6. The van der Waals surface area contributed by atoms with E-state index in [0.29, 0.717) is 12.8 Å². The van der Waals surface area contributed by atoms with E-state index in [1.807, 2.05) is 0 Å². The highest BCUT2D eigenvalue weighted by Gasteiger charge is 2.26. The van der Waals surface area contributed by atoms with E-state index in [9.17, 15) is 20.1 Å². The van der Waals surface area contributed by atoms with Gasteiger partial charge in [0, 0.05) is 6.42 Å². The van der Waals surface area contributed by atoms with Crippen molar-refractivity contribution in [1.82, 2.24) is 5.32 Å². The lowest BCUT2D eigenvalue weighted by Crippen LogP contribution is -2.50. The third-order valence-corrected chi connectivity index (χ3v) is 11.5. The van der Waals surface area contributed by atoms with Crippen molar-refractivity contribution in [3.8, 4) is 0 Å². The molecular weight excluding hydrogens is 643 g/mol. The number of carbonyl (C=O) groups excluding carboxylic acids is 1. The van der Waals surface area contributed by atoms with Gasteiger partial charge in [-0.05, 0) is 12.8 Å². The summed E-state index contributed by atoms with van der Waals surface area (Å²) in [5, 5.41) is 33.6. The summed E-state index contributed by atoms with van der Waals surface area (Å²) in [6.45, 7) is 4.20. The number of hydrogen-bond donors (Lipinski definition) is 4. The van der Waals surface area contributed by atoms with Crippen LogP contribution in [0.4, 0.5) is 0 Å². The van der Waals surface area contributed by atoms with Gasteiger partial charge in [0.15, 0.2) is 0 Å². The molecule has 0 aromatic rings. The smallest absolute Gasteiger partial charge is 0.220 e. The summed E-state index contributed by atoms with van der Waals surface area (Å²) in [7, 11) is 0. The predicted octanol–water partition coefficient (Wildman–Crippen LogP) is 13.8. The second kappa shape index (κ2) is 43.1. The standard InChI is InChI=1S/C47H95NO4/c1-3-5-7-9-11-13-15-17-19-20-21-22-23-24-25-26-27-28-30-32-34-36-38-40-42-46(51)48-44(43-49)47(52)45(50)41-39-37-35-33-31-29-18-16-14-12-10-8-6-4-2/h44-45,47,49-50,52H,3-43H2,1-2H3,(H,48,51)/t44-,45+,47-/m0/s1. The second-order valence-corrected chi connectivity index (χ2v) is 16.7. The van der Waals surface area contributed by atoms with Crippen molar-refractivity contribution in [2.45, 2.75) is 289 Å². The van der Waals surface area contributed by atoms with Gasteiger partial charge in [0.2, 0.25) is 5.91 Å². The molecule has 0 radical (unpaired) electrons. The molecule has 0 aromatic carbocycles. The van der Waals surface area contributed by atoms with Crippen LogP contribution in [0.1, 0.15) is 271 Å². The van der Waals surface area contributed by atoms with Crippen molar-refractivity contribution in [1.29, 1.82) is 0 Å². The van der Waals surface area contributed by atoms with Crippen LogP contribution in [0, 0.1) is 0 Å². The molecule has 0 fully saturated rings. The van der Waals surface area contributed by atoms with Crippen molar-refractivity contribution in [3.63, 3.8) is 0 Å². The summed E-state index contributed by atoms with van der Waals surface area (Å²) in [6, 6.07) is -0.802. The van der Waals surface area contributed by atoms with Crippen LogP contribution < -0.4 is 5.32 Å². The molecular formula is C47H95NO4. The highest BCUT2D eigenvalue weighted by molar-refractivity contribution is 5.76. The van der Waals surface area contributed by atoms with Gasteiger partial charge in [-0.1, -0.05) is 251 Å². The summed E-state index contributed by atoms with van der Waals surface area (Å²) in [5.41, 5.74) is 0. The Labute approximate surface area is 326 Å². The molecule has 0 bridgehead atoms. The molecule has 1 amide bonds. The van der Waals surface area contributed by atoms with E-state index in [1.54, 1.807) is 0 Å². The van der Waals surface area contributed by atoms with E-state index in [-0.39, 0.29) is 12.5 Å². The Morgan fingerprint density at radius 1 is 0.404 bits per heavy atom. The first-order valence-electron chi connectivity index (χ1n) is 23.8. The number of carbonyl (C=O) groups is 1. The SMILES string of the molecule is CCCCCCCCCCCCCCCCCCCCCCCCCCC(=O)N[C@@H](CO)[C@H](O)[C@H](O)CCCCCCCCCCCCCCCC. The van der Waals surface area contributed by atoms with Crippen molar-refractivity contribution in [2.75, 3.05) is 6.61 Å². The van der Waals surface area contributed by atoms with Gasteiger partial charge in [-0.15, -0.1) is 0 Å². The first kappa shape index (κ1) is 51.4. The molecule has 0 saturated heterocycles. The van der Waals surface area contributed by atoms with Crippen LogP contribution >= 0.6 is 0 Å². The Balaban J connectivity index is 3.52. The molecule has 5 nitrogen and oxygen atoms in total. The quantitative estimate of drug-likeness (QED) is 0.0469. The van der Waals surface area contributed by atoms with E-state index < -0.39 is 18.2 Å². The number of aliphatic hydroxyl groups excluding tert-OH is 3. The van der Waals surface area contributed by atoms with Gasteiger partial charge in [-0.2, -0.15) is 0 Å². The van der Waals surface area contributed by atoms with E-state index in [4.69, 9.17) is 0 Å². The molecule has 52 heavy (non-hydrogen) atoms. The number of amides is 1. The fourth-order valence-corrected chi connectivity index (χ4v) is 7.75. The van der Waals surface area contributed by atoms with E-state index in [2.05, 4.69) is 19.2 Å². The summed E-state index contributed by atoms with van der Waals surface area (Å²) in [5.74, 6) is -0.138. The minimum atomic E-state index is -1.13. The van der Waals surface area contributed by atoms with Crippen LogP contribution in [0.2, 0.25) is 0 Å². The van der Waals surface area contributed by atoms with E-state index in [0.717, 1.165) is 32.1 Å². The number of rotatable bonds is 44. The predicted molar refractivity (Wildman–Crippen MR) is 227 cm³/mol. The minimum absolute atomic E-state index is 0.138. The number of aliphatic hydroxyl groups is 3. The molecule has 0 saturated carbocycles. The molecule has 0 rings (SSSR count). The van der Waals surface area contributed by atoms with Crippen LogP contribution in [0.15, 0.2) is 0 Å². The Kier molecular flexibility index (Phi) is 42.5. The van der Waals surface area contributed by atoms with Crippen LogP contribution in [-0.4, -0.2) is 46.1 Å². The molecule has 0 unspecified atom stereocenters. The number of unbranched alkanes of at least 4 members (excludes halogenated alkanes) is 36. The average Bonchev–Trinajstić information content (AvgIpc) is 3.15. The van der Waals surface area contributed by atoms with Crippen LogP contribution in [0.25, 0.3) is 0 Å². The number of nitrogens with one attached hydrogen (secondary N) is 1. The lowest BCUT2D eigenvalue weighted by molar-refractivity contribution is -0.124. The zero-order valence-corrected chi connectivity index (χ0v) is 35.5. The summed E-state index contributed by atoms with van der Waals surface area (Å²) >= 11 is 0. The van der Waals surface area contributed by atoms with Crippen molar-refractivity contribution < 1.29 is 20.1 Å². The highest BCUT2D eigenvalue weighted by atomic mass is 16.3. The molecule has 0 aliphatic rings. The second-order valence-electron chi connectivity index (χ2n) is 16.7. The number of hydrogen-bond acceptors (Lipinski definition) is 4. The monoisotopic (exact) mass is 738 g/mol. The largest absolute Gasteiger partial charge is 0.394 e. The summed E-state index contributed by atoms with van der Waals surface area (Å²) < 4.78 is 0. The molecule has 0 spiro atoms. The van der Waals surface area contributed by atoms with Crippen molar-refractivity contribution in [3.05, 3.63) is 0 Å². The maximum atomic E-state index is 12.4. The van der Waals surface area contributed by atoms with Crippen LogP contribution in [0.3, 0.4) is 0 Å². The van der Waals surface area contributed by atoms with E-state index >= 15 is 0 Å². The van der Waals surface area contributed by atoms with E-state index in [1.165, 1.54) is 212 Å². The summed E-state index contributed by atoms with van der Waals surface area (Å²) in [6.07, 6.45) is 49.4. The van der Waals surface area contributed by atoms with Crippen molar-refractivity contribution >= 4 is 5.91 Å². The molecule has 0 heterocycles. The molecule has 0 aliphatic carbocycles. The van der Waals surface area contributed by atoms with Gasteiger partial charge in [-0.25, -0.2) is 0 Å². The van der Waals surface area contributed by atoms with Gasteiger partial charge >= 0.3 is 0 Å². The Morgan fingerprint density at radius 2 is 0.654 bits per heavy atom. The Bertz CT molecular complexity index is 688. The van der Waals surface area contributed by atoms with Crippen LogP contribution in [-0.2, 0) is 4.79 Å². The highest BCUT2D eigenvalue weighted by Crippen LogP contribution is 2.17. The van der Waals surface area contributed by atoms with Gasteiger partial charge in [0.1, 0.15) is 6.10 Å². The van der Waals surface area contributed by atoms with Gasteiger partial charge in [0.25, 0.3) is 0 Å². The average molecular weight is 738 g/mol. The fraction of sp³-hybridized carbons (Fsp3) is 0.979. The third-order valence-electron chi connectivity index (χ3n) is 11.5. The molecule has 0 aromatic heterocycles. The van der Waals surface area contributed by atoms with Crippen molar-refractivity contribution in [2.24, 2.45) is 0 Å². The minimum Gasteiger partial charge on any atom is -0.394 e. The maximum absolute atomic E-state index is 12.4. The van der Waals surface area contributed by atoms with Gasteiger partial charge < -0.3 is 20.6 Å². The van der Waals surface area contributed by atoms with Gasteiger partial charge in [-0.3, -0.25) is 4.79 Å².